The Balaban J connectivity index is 1.71. The van der Waals surface area contributed by atoms with Crippen molar-refractivity contribution in [1.29, 1.82) is 0 Å². The summed E-state index contributed by atoms with van der Waals surface area (Å²) in [4.78, 5) is 18.5. The molecule has 0 aliphatic rings. The van der Waals surface area contributed by atoms with Gasteiger partial charge >= 0.3 is 5.97 Å². The maximum absolute atomic E-state index is 10.9. The van der Waals surface area contributed by atoms with Crippen LogP contribution in [0.2, 0.25) is 0 Å². The van der Waals surface area contributed by atoms with Crippen molar-refractivity contribution in [2.45, 2.75) is 39.5 Å². The second-order valence-corrected chi connectivity index (χ2v) is 9.53. The van der Waals surface area contributed by atoms with Crippen LogP contribution >= 0.6 is 11.3 Å². The van der Waals surface area contributed by atoms with Gasteiger partial charge in [-0.3, -0.25) is 4.79 Å². The summed E-state index contributed by atoms with van der Waals surface area (Å²) in [5, 5.41) is 11.4. The molecule has 1 aromatic heterocycles. The highest BCUT2D eigenvalue weighted by atomic mass is 32.1. The van der Waals surface area contributed by atoms with Crippen LogP contribution in [0.15, 0.2) is 66.4 Å². The molecule has 0 atom stereocenters. The molecular formula is C30H32N2O2S. The molecule has 3 aromatic rings. The van der Waals surface area contributed by atoms with E-state index in [2.05, 4.69) is 72.1 Å². The molecule has 3 rings (SSSR count). The van der Waals surface area contributed by atoms with E-state index in [1.54, 1.807) is 17.4 Å². The Morgan fingerprint density at radius 3 is 2.26 bits per heavy atom. The molecule has 180 valence electrons. The summed E-state index contributed by atoms with van der Waals surface area (Å²) in [6, 6.07) is 17.4. The molecule has 0 saturated carbocycles. The number of nitrogens with zero attached hydrogens (tertiary/aromatic N) is 2. The van der Waals surface area contributed by atoms with E-state index in [-0.39, 0.29) is 5.70 Å². The van der Waals surface area contributed by atoms with E-state index < -0.39 is 5.97 Å². The fourth-order valence-corrected chi connectivity index (χ4v) is 4.56. The predicted molar refractivity (Wildman–Crippen MR) is 151 cm³/mol. The van der Waals surface area contributed by atoms with Crippen molar-refractivity contribution in [3.63, 3.8) is 0 Å². The molecule has 0 saturated heterocycles. The van der Waals surface area contributed by atoms with Crippen molar-refractivity contribution in [3.05, 3.63) is 93.1 Å². The lowest BCUT2D eigenvalue weighted by Gasteiger charge is -2.25. The van der Waals surface area contributed by atoms with Gasteiger partial charge in [0.15, 0.2) is 0 Å². The van der Waals surface area contributed by atoms with Crippen molar-refractivity contribution >= 4 is 52.0 Å². The van der Waals surface area contributed by atoms with Gasteiger partial charge in [-0.1, -0.05) is 57.0 Å². The number of carboxylic acids is 1. The molecule has 35 heavy (non-hydrogen) atoms. The van der Waals surface area contributed by atoms with Crippen LogP contribution in [0.5, 0.6) is 0 Å². The van der Waals surface area contributed by atoms with E-state index in [1.807, 2.05) is 18.2 Å². The number of hydrogen-bond acceptors (Lipinski definition) is 3. The molecule has 0 bridgehead atoms. The Kier molecular flexibility index (Phi) is 9.89. The highest BCUT2D eigenvalue weighted by Crippen LogP contribution is 2.26. The third-order valence-corrected chi connectivity index (χ3v) is 6.73. The zero-order valence-electron chi connectivity index (χ0n) is 20.4. The normalized spacial score (nSPS) is 12.0. The van der Waals surface area contributed by atoms with Crippen molar-refractivity contribution in [2.75, 3.05) is 18.0 Å². The van der Waals surface area contributed by atoms with Crippen LogP contribution in [0.25, 0.3) is 33.8 Å². The van der Waals surface area contributed by atoms with Gasteiger partial charge in [0.1, 0.15) is 0 Å². The third-order valence-electron chi connectivity index (χ3n) is 5.72. The number of unbranched alkanes of at least 4 members (excludes halogenated alkanes) is 2. The molecule has 0 aliphatic heterocycles. The summed E-state index contributed by atoms with van der Waals surface area (Å²) in [5.74, 6) is -1.21. The van der Waals surface area contributed by atoms with Crippen LogP contribution in [0.3, 0.4) is 0 Å². The van der Waals surface area contributed by atoms with Gasteiger partial charge in [-0.05, 0) is 77.7 Å². The molecule has 0 spiro atoms. The number of allylic oxidation sites excluding steroid dienone is 2. The number of thiophene rings is 1. The topological polar surface area (TPSA) is 44.9 Å². The van der Waals surface area contributed by atoms with Crippen LogP contribution in [0, 0.1) is 6.57 Å². The average molecular weight is 485 g/mol. The number of fused-ring (bicyclic) bond motifs is 1. The van der Waals surface area contributed by atoms with E-state index >= 15 is 0 Å². The van der Waals surface area contributed by atoms with E-state index in [0.29, 0.717) is 0 Å². The third kappa shape index (κ3) is 7.70. The van der Waals surface area contributed by atoms with Crippen LogP contribution in [0.1, 0.15) is 54.8 Å². The summed E-state index contributed by atoms with van der Waals surface area (Å²) in [6.07, 6.45) is 13.8. The maximum Gasteiger partial charge on any atom is 0.333 e. The van der Waals surface area contributed by atoms with E-state index in [9.17, 15) is 4.79 Å². The summed E-state index contributed by atoms with van der Waals surface area (Å²) in [7, 11) is 0. The van der Waals surface area contributed by atoms with Crippen molar-refractivity contribution in [2.24, 2.45) is 0 Å². The van der Waals surface area contributed by atoms with E-state index in [1.165, 1.54) is 48.2 Å². The zero-order chi connectivity index (χ0) is 25.0. The molecule has 0 unspecified atom stereocenters. The standard InChI is InChI=1S/C30H32N2O2S/c1-4-6-19-32(20-7-5-2)26-15-14-24-21-23(11-13-25(24)22-26)12-16-28-18-17-27(35-28)9-8-10-29(31-3)30(33)34/h8-18,21-22H,4-7,19-20H2,1-2H3,(H,33,34)/b9-8+,16-12+,29-10-. The van der Waals surface area contributed by atoms with Crippen LogP contribution in [-0.4, -0.2) is 24.2 Å². The van der Waals surface area contributed by atoms with Crippen LogP contribution < -0.4 is 4.90 Å². The lowest BCUT2D eigenvalue weighted by Crippen LogP contribution is -2.25. The minimum atomic E-state index is -1.21. The molecule has 0 aliphatic carbocycles. The van der Waals surface area contributed by atoms with E-state index in [4.69, 9.17) is 11.7 Å². The first-order chi connectivity index (χ1) is 17.0. The quantitative estimate of drug-likeness (QED) is 0.159. The SMILES string of the molecule is [C-]#[N+]/C(=C\C=C\c1ccc(/C=C/c2ccc3cc(N(CCCC)CCCC)ccc3c2)s1)C(=O)O. The summed E-state index contributed by atoms with van der Waals surface area (Å²) in [5.41, 5.74) is 2.16. The molecule has 0 radical (unpaired) electrons. The van der Waals surface area contributed by atoms with Gasteiger partial charge in [-0.15, -0.1) is 11.3 Å². The summed E-state index contributed by atoms with van der Waals surface area (Å²) in [6.45, 7) is 13.6. The Morgan fingerprint density at radius 2 is 1.60 bits per heavy atom. The van der Waals surface area contributed by atoms with Gasteiger partial charge in [0.25, 0.3) is 5.70 Å². The molecule has 0 amide bonds. The van der Waals surface area contributed by atoms with Crippen molar-refractivity contribution < 1.29 is 9.90 Å². The van der Waals surface area contributed by atoms with Crippen LogP contribution in [0.4, 0.5) is 5.69 Å². The smallest absolute Gasteiger partial charge is 0.333 e. The van der Waals surface area contributed by atoms with Gasteiger partial charge in [0, 0.05) is 28.5 Å². The minimum Gasteiger partial charge on any atom is -0.486 e. The second-order valence-electron chi connectivity index (χ2n) is 8.39. The van der Waals surface area contributed by atoms with Crippen molar-refractivity contribution in [3.8, 4) is 0 Å². The molecule has 0 fully saturated rings. The number of aliphatic carboxylic acids is 1. The first kappa shape index (κ1) is 26.0. The predicted octanol–water partition coefficient (Wildman–Crippen LogP) is 8.38. The van der Waals surface area contributed by atoms with Crippen LogP contribution in [-0.2, 0) is 4.79 Å². The van der Waals surface area contributed by atoms with Gasteiger partial charge in [0.05, 0.1) is 6.57 Å². The monoisotopic (exact) mass is 484 g/mol. The number of hydrogen-bond donors (Lipinski definition) is 1. The number of carbonyl (C=O) groups is 1. The fourth-order valence-electron chi connectivity index (χ4n) is 3.74. The van der Waals surface area contributed by atoms with E-state index in [0.717, 1.165) is 28.4 Å². The fraction of sp³-hybridized carbons (Fsp3) is 0.267. The lowest BCUT2D eigenvalue weighted by molar-refractivity contribution is -0.132. The van der Waals surface area contributed by atoms with Crippen molar-refractivity contribution in [1.82, 2.24) is 0 Å². The first-order valence-electron chi connectivity index (χ1n) is 12.1. The molecule has 1 heterocycles. The average Bonchev–Trinajstić information content (AvgIpc) is 3.32. The first-order valence-corrected chi connectivity index (χ1v) is 12.9. The minimum absolute atomic E-state index is 0.295. The lowest BCUT2D eigenvalue weighted by atomic mass is 10.0. The van der Waals surface area contributed by atoms with Gasteiger partial charge in [-0.2, -0.15) is 0 Å². The summed E-state index contributed by atoms with van der Waals surface area (Å²) < 4.78 is 0. The maximum atomic E-state index is 10.9. The molecule has 4 nitrogen and oxygen atoms in total. The Labute approximate surface area is 212 Å². The summed E-state index contributed by atoms with van der Waals surface area (Å²) >= 11 is 1.61. The Morgan fingerprint density at radius 1 is 0.943 bits per heavy atom. The van der Waals surface area contributed by atoms with Gasteiger partial charge < -0.3 is 10.0 Å². The zero-order valence-corrected chi connectivity index (χ0v) is 21.2. The molecular weight excluding hydrogens is 452 g/mol. The number of rotatable bonds is 12. The molecule has 2 aromatic carbocycles. The number of anilines is 1. The second kappa shape index (κ2) is 13.3. The van der Waals surface area contributed by atoms with Gasteiger partial charge in [-0.25, -0.2) is 4.85 Å². The number of carboxylic acid groups (broad SMARTS) is 1. The molecule has 5 heteroatoms. The number of benzene rings is 2. The largest absolute Gasteiger partial charge is 0.486 e. The van der Waals surface area contributed by atoms with Gasteiger partial charge in [0.2, 0.25) is 0 Å². The highest BCUT2D eigenvalue weighted by Gasteiger charge is 2.07. The highest BCUT2D eigenvalue weighted by molar-refractivity contribution is 7.13. The Hall–Kier alpha value is -3.62. The molecule has 1 N–H and O–H groups in total. The Bertz CT molecular complexity index is 1270.